The van der Waals surface area contributed by atoms with E-state index in [1.54, 1.807) is 6.07 Å². The molecule has 0 bridgehead atoms. The van der Waals surface area contributed by atoms with Crippen LogP contribution in [-0.4, -0.2) is 5.91 Å². The smallest absolute Gasteiger partial charge is 0.253 e. The Morgan fingerprint density at radius 2 is 2.14 bits per heavy atom. The number of carbonyl (C=O) groups is 1. The molecule has 1 amide bonds. The summed E-state index contributed by atoms with van der Waals surface area (Å²) >= 11 is 6.25. The SMILES string of the molecule is Cc1cccc(C(=O)NC2CCCc3cc(N)ccc32)c1Cl. The standard InChI is InChI=1S/C18H19ClN2O/c1-11-4-2-6-15(17(11)19)18(22)21-16-7-3-5-12-10-13(20)8-9-14(12)16/h2,4,6,8-10,16H,3,5,7,20H2,1H3,(H,21,22). The fourth-order valence-corrected chi connectivity index (χ4v) is 3.25. The molecule has 0 saturated heterocycles. The zero-order valence-corrected chi connectivity index (χ0v) is 13.3. The Bertz CT molecular complexity index is 727. The highest BCUT2D eigenvalue weighted by Crippen LogP contribution is 2.31. The molecule has 0 aliphatic heterocycles. The predicted molar refractivity (Wildman–Crippen MR) is 90.2 cm³/mol. The van der Waals surface area contributed by atoms with Crippen molar-refractivity contribution in [2.24, 2.45) is 0 Å². The summed E-state index contributed by atoms with van der Waals surface area (Å²) in [4.78, 5) is 12.5. The predicted octanol–water partition coefficient (Wildman–Crippen LogP) is 4.04. The minimum Gasteiger partial charge on any atom is -0.399 e. The second-order valence-electron chi connectivity index (χ2n) is 5.81. The molecule has 3 nitrogen and oxygen atoms in total. The van der Waals surface area contributed by atoms with Gasteiger partial charge in [0.25, 0.3) is 5.91 Å². The van der Waals surface area contributed by atoms with Crippen LogP contribution in [0.4, 0.5) is 5.69 Å². The first-order valence-electron chi connectivity index (χ1n) is 7.50. The Hall–Kier alpha value is -2.00. The molecule has 0 radical (unpaired) electrons. The molecule has 0 saturated carbocycles. The van der Waals surface area contributed by atoms with Crippen molar-refractivity contribution in [1.82, 2.24) is 5.32 Å². The van der Waals surface area contributed by atoms with Crippen molar-refractivity contribution in [3.05, 3.63) is 63.7 Å². The van der Waals surface area contributed by atoms with E-state index >= 15 is 0 Å². The van der Waals surface area contributed by atoms with Gasteiger partial charge in [0, 0.05) is 5.69 Å². The first-order valence-corrected chi connectivity index (χ1v) is 7.88. The number of fused-ring (bicyclic) bond motifs is 1. The number of benzene rings is 2. The van der Waals surface area contributed by atoms with Crippen LogP contribution >= 0.6 is 11.6 Å². The van der Waals surface area contributed by atoms with Crippen LogP contribution in [0, 0.1) is 6.92 Å². The molecule has 22 heavy (non-hydrogen) atoms. The summed E-state index contributed by atoms with van der Waals surface area (Å²) in [5.74, 6) is -0.122. The number of nitrogens with one attached hydrogen (secondary N) is 1. The molecule has 0 heterocycles. The Morgan fingerprint density at radius 1 is 1.32 bits per heavy atom. The summed E-state index contributed by atoms with van der Waals surface area (Å²) in [7, 11) is 0. The summed E-state index contributed by atoms with van der Waals surface area (Å²) in [5, 5.41) is 3.64. The monoisotopic (exact) mass is 314 g/mol. The maximum atomic E-state index is 12.5. The largest absolute Gasteiger partial charge is 0.399 e. The molecule has 4 heteroatoms. The lowest BCUT2D eigenvalue weighted by atomic mass is 9.87. The number of rotatable bonds is 2. The van der Waals surface area contributed by atoms with Crippen molar-refractivity contribution in [2.75, 3.05) is 5.73 Å². The van der Waals surface area contributed by atoms with E-state index in [1.807, 2.05) is 37.3 Å². The van der Waals surface area contributed by atoms with Crippen LogP contribution < -0.4 is 11.1 Å². The van der Waals surface area contributed by atoms with Crippen LogP contribution in [0.2, 0.25) is 5.02 Å². The number of amides is 1. The molecular weight excluding hydrogens is 296 g/mol. The van der Waals surface area contributed by atoms with Crippen molar-refractivity contribution in [1.29, 1.82) is 0 Å². The normalized spacial score (nSPS) is 16.9. The summed E-state index contributed by atoms with van der Waals surface area (Å²) < 4.78 is 0. The third kappa shape index (κ3) is 2.81. The van der Waals surface area contributed by atoms with E-state index in [1.165, 1.54) is 5.56 Å². The molecule has 2 aromatic rings. The maximum absolute atomic E-state index is 12.5. The fraction of sp³-hybridized carbons (Fsp3) is 0.278. The Kier molecular flexibility index (Phi) is 4.08. The molecule has 3 N–H and O–H groups in total. The maximum Gasteiger partial charge on any atom is 0.253 e. The van der Waals surface area contributed by atoms with Crippen LogP contribution in [0.5, 0.6) is 0 Å². The summed E-state index contributed by atoms with van der Waals surface area (Å²) in [6, 6.07) is 11.5. The number of carbonyl (C=O) groups excluding carboxylic acids is 1. The van der Waals surface area contributed by atoms with Crippen molar-refractivity contribution >= 4 is 23.2 Å². The Labute approximate surface area is 135 Å². The number of hydrogen-bond acceptors (Lipinski definition) is 2. The molecular formula is C18H19ClN2O. The molecule has 0 aromatic heterocycles. The van der Waals surface area contributed by atoms with Gasteiger partial charge in [-0.2, -0.15) is 0 Å². The van der Waals surface area contributed by atoms with Crippen molar-refractivity contribution in [2.45, 2.75) is 32.2 Å². The highest BCUT2D eigenvalue weighted by molar-refractivity contribution is 6.34. The second kappa shape index (κ2) is 6.01. The number of anilines is 1. The van der Waals surface area contributed by atoms with Crippen LogP contribution in [0.25, 0.3) is 0 Å². The van der Waals surface area contributed by atoms with E-state index in [0.29, 0.717) is 10.6 Å². The minimum absolute atomic E-state index is 0.0217. The van der Waals surface area contributed by atoms with E-state index in [0.717, 1.165) is 36.1 Å². The molecule has 0 fully saturated rings. The number of nitrogen functional groups attached to an aromatic ring is 1. The molecule has 0 spiro atoms. The van der Waals surface area contributed by atoms with Crippen LogP contribution in [0.3, 0.4) is 0 Å². The average Bonchev–Trinajstić information content (AvgIpc) is 2.50. The van der Waals surface area contributed by atoms with E-state index in [4.69, 9.17) is 17.3 Å². The van der Waals surface area contributed by atoms with E-state index in [2.05, 4.69) is 5.32 Å². The molecule has 1 atom stereocenters. The van der Waals surface area contributed by atoms with Gasteiger partial charge in [-0.05, 0) is 61.1 Å². The number of nitrogens with two attached hydrogens (primary N) is 1. The van der Waals surface area contributed by atoms with Crippen molar-refractivity contribution < 1.29 is 4.79 Å². The summed E-state index contributed by atoms with van der Waals surface area (Å²) in [6.07, 6.45) is 2.99. The van der Waals surface area contributed by atoms with Gasteiger partial charge in [-0.15, -0.1) is 0 Å². The lowest BCUT2D eigenvalue weighted by Crippen LogP contribution is -2.31. The van der Waals surface area contributed by atoms with Crippen LogP contribution in [0.15, 0.2) is 36.4 Å². The third-order valence-corrected chi connectivity index (χ3v) is 4.72. The lowest BCUT2D eigenvalue weighted by Gasteiger charge is -2.27. The van der Waals surface area contributed by atoms with E-state index < -0.39 is 0 Å². The number of hydrogen-bond donors (Lipinski definition) is 2. The topological polar surface area (TPSA) is 55.1 Å². The third-order valence-electron chi connectivity index (χ3n) is 4.22. The highest BCUT2D eigenvalue weighted by atomic mass is 35.5. The fourth-order valence-electron chi connectivity index (χ4n) is 3.04. The lowest BCUT2D eigenvalue weighted by molar-refractivity contribution is 0.0933. The van der Waals surface area contributed by atoms with Crippen LogP contribution in [-0.2, 0) is 6.42 Å². The van der Waals surface area contributed by atoms with Gasteiger partial charge in [0.15, 0.2) is 0 Å². The molecule has 1 unspecified atom stereocenters. The second-order valence-corrected chi connectivity index (χ2v) is 6.19. The molecule has 114 valence electrons. The summed E-state index contributed by atoms with van der Waals surface area (Å²) in [5.41, 5.74) is 10.5. The highest BCUT2D eigenvalue weighted by Gasteiger charge is 2.23. The Balaban J connectivity index is 1.85. The zero-order valence-electron chi connectivity index (χ0n) is 12.5. The quantitative estimate of drug-likeness (QED) is 0.822. The van der Waals surface area contributed by atoms with E-state index in [-0.39, 0.29) is 11.9 Å². The van der Waals surface area contributed by atoms with Gasteiger partial charge < -0.3 is 11.1 Å². The molecule has 2 aromatic carbocycles. The van der Waals surface area contributed by atoms with Gasteiger partial charge in [-0.3, -0.25) is 4.79 Å². The number of halogens is 1. The first-order chi connectivity index (χ1) is 10.6. The zero-order chi connectivity index (χ0) is 15.7. The van der Waals surface area contributed by atoms with Gasteiger partial charge in [0.05, 0.1) is 16.6 Å². The molecule has 1 aliphatic carbocycles. The average molecular weight is 315 g/mol. The van der Waals surface area contributed by atoms with Gasteiger partial charge >= 0.3 is 0 Å². The first kappa shape index (κ1) is 14.9. The van der Waals surface area contributed by atoms with Gasteiger partial charge in [0.1, 0.15) is 0 Å². The van der Waals surface area contributed by atoms with Gasteiger partial charge in [-0.25, -0.2) is 0 Å². The van der Waals surface area contributed by atoms with Gasteiger partial charge in [-0.1, -0.05) is 29.8 Å². The Morgan fingerprint density at radius 3 is 2.95 bits per heavy atom. The van der Waals surface area contributed by atoms with Gasteiger partial charge in [0.2, 0.25) is 0 Å². The van der Waals surface area contributed by atoms with Crippen molar-refractivity contribution in [3.8, 4) is 0 Å². The van der Waals surface area contributed by atoms with E-state index in [9.17, 15) is 4.79 Å². The molecule has 1 aliphatic rings. The summed E-state index contributed by atoms with van der Waals surface area (Å²) in [6.45, 7) is 1.90. The van der Waals surface area contributed by atoms with Crippen molar-refractivity contribution in [3.63, 3.8) is 0 Å². The number of aryl methyl sites for hydroxylation is 2. The minimum atomic E-state index is -0.122. The molecule has 3 rings (SSSR count). The van der Waals surface area contributed by atoms with Crippen LogP contribution in [0.1, 0.15) is 45.9 Å².